The molecule has 2 aliphatic rings. The predicted molar refractivity (Wildman–Crippen MR) is 83.9 cm³/mol. The van der Waals surface area contributed by atoms with Crippen LogP contribution in [0.15, 0.2) is 24.3 Å². The van der Waals surface area contributed by atoms with E-state index in [1.165, 1.54) is 12.8 Å². The molecule has 0 radical (unpaired) electrons. The zero-order chi connectivity index (χ0) is 13.3. The highest BCUT2D eigenvalue weighted by Crippen LogP contribution is 2.33. The molecule has 1 saturated carbocycles. The van der Waals surface area contributed by atoms with Crippen molar-refractivity contribution in [2.45, 2.75) is 25.8 Å². The molecule has 0 spiro atoms. The smallest absolute Gasteiger partial charge is 0.235 e. The number of halogens is 1. The van der Waals surface area contributed by atoms with E-state index in [0.717, 1.165) is 24.2 Å². The van der Waals surface area contributed by atoms with E-state index in [1.54, 1.807) is 4.31 Å². The average molecular weight is 317 g/mol. The number of benzene rings is 1. The summed E-state index contributed by atoms with van der Waals surface area (Å²) in [7, 11) is -3.18. The number of anilines is 1. The number of para-hydroxylation sites is 1. The first-order valence-corrected chi connectivity index (χ1v) is 8.57. The maximum absolute atomic E-state index is 12.5. The number of fused-ring (bicyclic) bond motifs is 1. The summed E-state index contributed by atoms with van der Waals surface area (Å²) in [5.74, 6) is 0.932. The van der Waals surface area contributed by atoms with Gasteiger partial charge in [-0.15, -0.1) is 12.4 Å². The van der Waals surface area contributed by atoms with E-state index in [1.807, 2.05) is 24.3 Å². The Kier molecular flexibility index (Phi) is 4.94. The van der Waals surface area contributed by atoms with Crippen LogP contribution in [0.4, 0.5) is 5.69 Å². The van der Waals surface area contributed by atoms with Crippen molar-refractivity contribution in [1.29, 1.82) is 0 Å². The third-order valence-electron chi connectivity index (χ3n) is 3.88. The summed E-state index contributed by atoms with van der Waals surface area (Å²) in [6.45, 7) is 1.98. The molecule has 1 fully saturated rings. The molecule has 0 bridgehead atoms. The fraction of sp³-hybridized carbons (Fsp3) is 0.571. The first-order chi connectivity index (χ1) is 9.17. The number of rotatable bonds is 4. The van der Waals surface area contributed by atoms with Crippen LogP contribution in [0.1, 0.15) is 24.8 Å². The molecule has 6 heteroatoms. The molecule has 0 unspecified atom stereocenters. The second-order valence-electron chi connectivity index (χ2n) is 5.43. The highest BCUT2D eigenvalue weighted by Gasteiger charge is 2.29. The third kappa shape index (κ3) is 3.45. The second kappa shape index (κ2) is 6.33. The van der Waals surface area contributed by atoms with Gasteiger partial charge in [0.05, 0.1) is 11.4 Å². The van der Waals surface area contributed by atoms with Crippen molar-refractivity contribution in [3.8, 4) is 0 Å². The van der Waals surface area contributed by atoms with Gasteiger partial charge in [0, 0.05) is 19.6 Å². The Morgan fingerprint density at radius 2 is 2.00 bits per heavy atom. The van der Waals surface area contributed by atoms with Crippen molar-refractivity contribution in [2.75, 3.05) is 23.1 Å². The summed E-state index contributed by atoms with van der Waals surface area (Å²) in [6.07, 6.45) is 3.22. The topological polar surface area (TPSA) is 49.4 Å². The van der Waals surface area contributed by atoms with Gasteiger partial charge >= 0.3 is 0 Å². The molecule has 0 amide bonds. The molecule has 4 nitrogen and oxygen atoms in total. The summed E-state index contributed by atoms with van der Waals surface area (Å²) in [5, 5.41) is 3.28. The fourth-order valence-corrected chi connectivity index (χ4v) is 4.25. The Balaban J connectivity index is 0.00000147. The van der Waals surface area contributed by atoms with Gasteiger partial charge in [0.25, 0.3) is 0 Å². The van der Waals surface area contributed by atoms with Crippen LogP contribution in [-0.4, -0.2) is 27.3 Å². The van der Waals surface area contributed by atoms with Crippen LogP contribution in [-0.2, 0) is 16.6 Å². The number of nitrogens with one attached hydrogen (secondary N) is 1. The molecular formula is C14H21ClN2O2S. The lowest BCUT2D eigenvalue weighted by atomic mass is 10.2. The lowest BCUT2D eigenvalue weighted by Crippen LogP contribution is -2.36. The molecule has 1 aliphatic carbocycles. The van der Waals surface area contributed by atoms with Crippen LogP contribution in [0.5, 0.6) is 0 Å². The third-order valence-corrected chi connectivity index (χ3v) is 5.69. The number of sulfonamides is 1. The second-order valence-corrected chi connectivity index (χ2v) is 7.44. The van der Waals surface area contributed by atoms with E-state index in [9.17, 15) is 8.42 Å². The Labute approximate surface area is 127 Å². The first kappa shape index (κ1) is 15.6. The Morgan fingerprint density at radius 3 is 2.75 bits per heavy atom. The van der Waals surface area contributed by atoms with E-state index >= 15 is 0 Å². The number of nitrogens with zero attached hydrogens (tertiary/aromatic N) is 1. The van der Waals surface area contributed by atoms with Crippen molar-refractivity contribution >= 4 is 28.1 Å². The molecule has 20 heavy (non-hydrogen) atoms. The van der Waals surface area contributed by atoms with Gasteiger partial charge in [0.2, 0.25) is 10.0 Å². The Hall–Kier alpha value is -0.780. The zero-order valence-corrected chi connectivity index (χ0v) is 13.0. The van der Waals surface area contributed by atoms with Crippen molar-refractivity contribution in [2.24, 2.45) is 5.92 Å². The van der Waals surface area contributed by atoms with Crippen molar-refractivity contribution in [3.05, 3.63) is 29.8 Å². The van der Waals surface area contributed by atoms with Crippen LogP contribution in [0.2, 0.25) is 0 Å². The molecule has 0 aromatic heterocycles. The van der Waals surface area contributed by atoms with Gasteiger partial charge in [-0.2, -0.15) is 0 Å². The SMILES string of the molecule is Cl.O=S(=O)(CCC1CC1)N1CCNCc2ccccc21. The van der Waals surface area contributed by atoms with Crippen LogP contribution >= 0.6 is 12.4 Å². The van der Waals surface area contributed by atoms with Crippen LogP contribution in [0.3, 0.4) is 0 Å². The van der Waals surface area contributed by atoms with Gasteiger partial charge in [-0.25, -0.2) is 8.42 Å². The van der Waals surface area contributed by atoms with Crippen molar-refractivity contribution in [1.82, 2.24) is 5.32 Å². The number of hydrogen-bond donors (Lipinski definition) is 1. The van der Waals surface area contributed by atoms with E-state index in [0.29, 0.717) is 19.0 Å². The molecule has 1 aromatic rings. The molecule has 1 aliphatic heterocycles. The minimum atomic E-state index is -3.18. The summed E-state index contributed by atoms with van der Waals surface area (Å²) in [4.78, 5) is 0. The monoisotopic (exact) mass is 316 g/mol. The Morgan fingerprint density at radius 1 is 1.25 bits per heavy atom. The van der Waals surface area contributed by atoms with E-state index in [2.05, 4.69) is 5.32 Å². The van der Waals surface area contributed by atoms with Gasteiger partial charge in [-0.3, -0.25) is 4.31 Å². The average Bonchev–Trinajstić information content (AvgIpc) is 3.22. The Bertz CT molecular complexity index is 558. The summed E-state index contributed by atoms with van der Waals surface area (Å²) >= 11 is 0. The van der Waals surface area contributed by atoms with Crippen LogP contribution in [0.25, 0.3) is 0 Å². The molecule has 112 valence electrons. The zero-order valence-electron chi connectivity index (χ0n) is 11.4. The molecule has 0 saturated heterocycles. The van der Waals surface area contributed by atoms with E-state index in [4.69, 9.17) is 0 Å². The van der Waals surface area contributed by atoms with Gasteiger partial charge in [-0.05, 0) is 24.0 Å². The van der Waals surface area contributed by atoms with Gasteiger partial charge in [0.1, 0.15) is 0 Å². The molecular weight excluding hydrogens is 296 g/mol. The normalized spacial score (nSPS) is 18.9. The summed E-state index contributed by atoms with van der Waals surface area (Å²) in [6, 6.07) is 7.78. The van der Waals surface area contributed by atoms with E-state index in [-0.39, 0.29) is 18.2 Å². The van der Waals surface area contributed by atoms with Gasteiger partial charge < -0.3 is 5.32 Å². The predicted octanol–water partition coefficient (Wildman–Crippen LogP) is 2.15. The van der Waals surface area contributed by atoms with Crippen LogP contribution < -0.4 is 9.62 Å². The van der Waals surface area contributed by atoms with E-state index < -0.39 is 10.0 Å². The molecule has 1 aromatic carbocycles. The summed E-state index contributed by atoms with van der Waals surface area (Å²) < 4.78 is 26.7. The first-order valence-electron chi connectivity index (χ1n) is 6.96. The maximum Gasteiger partial charge on any atom is 0.235 e. The molecule has 1 heterocycles. The largest absolute Gasteiger partial charge is 0.311 e. The number of hydrogen-bond acceptors (Lipinski definition) is 3. The standard InChI is InChI=1S/C14H20N2O2S.ClH/c17-19(18,10-7-12-5-6-12)16-9-8-15-11-13-3-1-2-4-14(13)16;/h1-4,12,15H,5-11H2;1H. The minimum Gasteiger partial charge on any atom is -0.311 e. The lowest BCUT2D eigenvalue weighted by Gasteiger charge is -2.24. The maximum atomic E-state index is 12.5. The quantitative estimate of drug-likeness (QED) is 0.926. The lowest BCUT2D eigenvalue weighted by molar-refractivity contribution is 0.584. The minimum absolute atomic E-state index is 0. The molecule has 3 rings (SSSR count). The van der Waals surface area contributed by atoms with Crippen LogP contribution in [0, 0.1) is 5.92 Å². The van der Waals surface area contributed by atoms with Crippen molar-refractivity contribution in [3.63, 3.8) is 0 Å². The molecule has 0 atom stereocenters. The fourth-order valence-electron chi connectivity index (χ4n) is 2.55. The van der Waals surface area contributed by atoms with Crippen molar-refractivity contribution < 1.29 is 8.42 Å². The highest BCUT2D eigenvalue weighted by molar-refractivity contribution is 7.92. The highest BCUT2D eigenvalue weighted by atomic mass is 35.5. The summed E-state index contributed by atoms with van der Waals surface area (Å²) in [5.41, 5.74) is 1.92. The van der Waals surface area contributed by atoms with Gasteiger partial charge in [-0.1, -0.05) is 31.0 Å². The molecule has 1 N–H and O–H groups in total. The van der Waals surface area contributed by atoms with Gasteiger partial charge in [0.15, 0.2) is 0 Å².